The van der Waals surface area contributed by atoms with Crippen LogP contribution in [0.4, 0.5) is 0 Å². The number of aryl methyl sites for hydroxylation is 1. The van der Waals surface area contributed by atoms with E-state index >= 15 is 0 Å². The molecule has 0 fully saturated rings. The monoisotopic (exact) mass is 578 g/mol. The van der Waals surface area contributed by atoms with Crippen LogP contribution in [-0.2, 0) is 6.42 Å². The van der Waals surface area contributed by atoms with Crippen molar-refractivity contribution in [1.82, 2.24) is 0 Å². The number of rotatable bonds is 3. The van der Waals surface area contributed by atoms with Crippen LogP contribution in [0.2, 0.25) is 0 Å². The first-order valence-corrected chi connectivity index (χ1v) is 16.1. The Morgan fingerprint density at radius 1 is 0.444 bits per heavy atom. The van der Waals surface area contributed by atoms with Gasteiger partial charge in [-0.3, -0.25) is 0 Å². The maximum Gasteiger partial charge on any atom is 0.142 e. The van der Waals surface area contributed by atoms with Crippen molar-refractivity contribution in [3.05, 3.63) is 162 Å². The van der Waals surface area contributed by atoms with Crippen molar-refractivity contribution in [2.75, 3.05) is 0 Å². The second kappa shape index (κ2) is 11.3. The van der Waals surface area contributed by atoms with Crippen molar-refractivity contribution < 1.29 is 4.42 Å². The van der Waals surface area contributed by atoms with E-state index in [4.69, 9.17) is 4.42 Å². The molecule has 45 heavy (non-hydrogen) atoms. The zero-order valence-corrected chi connectivity index (χ0v) is 25.7. The summed E-state index contributed by atoms with van der Waals surface area (Å²) in [4.78, 5) is 0. The summed E-state index contributed by atoms with van der Waals surface area (Å²) in [7, 11) is 0. The third kappa shape index (κ3) is 4.47. The molecule has 1 aliphatic carbocycles. The molecule has 9 rings (SSSR count). The summed E-state index contributed by atoms with van der Waals surface area (Å²) < 4.78 is 6.77. The average Bonchev–Trinajstić information content (AvgIpc) is 3.52. The fourth-order valence-corrected chi connectivity index (χ4v) is 7.14. The highest BCUT2D eigenvalue weighted by atomic mass is 16.3. The Balaban J connectivity index is 0.00000147. The first kappa shape index (κ1) is 27.2. The lowest BCUT2D eigenvalue weighted by Gasteiger charge is -2.15. The maximum absolute atomic E-state index is 6.77. The van der Waals surface area contributed by atoms with Crippen molar-refractivity contribution in [2.45, 2.75) is 26.7 Å². The van der Waals surface area contributed by atoms with E-state index in [1.807, 2.05) is 13.8 Å². The Kier molecular flexibility index (Phi) is 6.80. The molecule has 7 aromatic carbocycles. The molecule has 0 atom stereocenters. The van der Waals surface area contributed by atoms with Crippen molar-refractivity contribution in [1.29, 1.82) is 0 Å². The number of furan rings is 1. The summed E-state index contributed by atoms with van der Waals surface area (Å²) in [5, 5.41) is 9.03. The molecule has 0 spiro atoms. The van der Waals surface area contributed by atoms with Crippen LogP contribution in [0.1, 0.15) is 37.2 Å². The highest BCUT2D eigenvalue weighted by Gasteiger charge is 2.23. The molecule has 0 saturated heterocycles. The summed E-state index contributed by atoms with van der Waals surface area (Å²) in [5.41, 5.74) is 9.46. The van der Waals surface area contributed by atoms with Gasteiger partial charge in [0.25, 0.3) is 0 Å². The Morgan fingerprint density at radius 3 is 1.73 bits per heavy atom. The molecule has 0 aliphatic heterocycles. The van der Waals surface area contributed by atoms with E-state index in [0.717, 1.165) is 29.7 Å². The van der Waals surface area contributed by atoms with Crippen LogP contribution in [0.25, 0.3) is 71.1 Å². The average molecular weight is 579 g/mol. The normalized spacial score (nSPS) is 12.6. The summed E-state index contributed by atoms with van der Waals surface area (Å²) in [6, 6.07) is 50.5. The van der Waals surface area contributed by atoms with Crippen molar-refractivity contribution in [2.24, 2.45) is 0 Å². The highest BCUT2D eigenvalue weighted by molar-refractivity contribution is 6.25. The Hall–Kier alpha value is -5.40. The lowest BCUT2D eigenvalue weighted by molar-refractivity contribution is 0.592. The number of benzene rings is 7. The van der Waals surface area contributed by atoms with E-state index in [2.05, 4.69) is 146 Å². The van der Waals surface area contributed by atoms with E-state index in [-0.39, 0.29) is 0 Å². The first-order chi connectivity index (χ1) is 22.3. The molecule has 0 amide bonds. The lowest BCUT2D eigenvalue weighted by atomic mass is 9.89. The third-order valence-electron chi connectivity index (χ3n) is 9.14. The first-order valence-electron chi connectivity index (χ1n) is 16.1. The highest BCUT2D eigenvalue weighted by Crippen LogP contribution is 2.43. The van der Waals surface area contributed by atoms with E-state index in [0.29, 0.717) is 0 Å². The topological polar surface area (TPSA) is 13.1 Å². The number of para-hydroxylation sites is 1. The quantitative estimate of drug-likeness (QED) is 0.190. The lowest BCUT2D eigenvalue weighted by Crippen LogP contribution is -1.98. The Labute approximate surface area is 264 Å². The molecule has 0 unspecified atom stereocenters. The Morgan fingerprint density at radius 2 is 1.00 bits per heavy atom. The maximum atomic E-state index is 6.77. The fraction of sp³-hybridized carbons (Fsp3) is 0.0909. The van der Waals surface area contributed by atoms with Crippen LogP contribution in [0, 0.1) is 0 Å². The van der Waals surface area contributed by atoms with Crippen LogP contribution < -0.4 is 0 Å². The van der Waals surface area contributed by atoms with Crippen LogP contribution in [-0.4, -0.2) is 0 Å². The molecule has 216 valence electrons. The van der Waals surface area contributed by atoms with Gasteiger partial charge in [0, 0.05) is 22.1 Å². The van der Waals surface area contributed by atoms with Crippen LogP contribution in [0.5, 0.6) is 0 Å². The second-order valence-corrected chi connectivity index (χ2v) is 11.5. The van der Waals surface area contributed by atoms with Crippen LogP contribution in [0.15, 0.2) is 150 Å². The molecule has 0 saturated carbocycles. The second-order valence-electron chi connectivity index (χ2n) is 11.5. The zero-order valence-electron chi connectivity index (χ0n) is 25.7. The van der Waals surface area contributed by atoms with Gasteiger partial charge in [-0.15, -0.1) is 0 Å². The molecule has 1 nitrogen and oxygen atoms in total. The van der Waals surface area contributed by atoms with Crippen molar-refractivity contribution >= 4 is 48.9 Å². The number of allylic oxidation sites excluding steroid dienone is 1. The van der Waals surface area contributed by atoms with Gasteiger partial charge in [-0.25, -0.2) is 0 Å². The smallest absolute Gasteiger partial charge is 0.142 e. The molecule has 0 radical (unpaired) electrons. The summed E-state index contributed by atoms with van der Waals surface area (Å²) >= 11 is 0. The molecular formula is C44H34O. The predicted octanol–water partition coefficient (Wildman–Crippen LogP) is 12.6. The van der Waals surface area contributed by atoms with Gasteiger partial charge in [-0.2, -0.15) is 0 Å². The van der Waals surface area contributed by atoms with Crippen molar-refractivity contribution in [3.63, 3.8) is 0 Å². The molecular weight excluding hydrogens is 544 g/mol. The largest absolute Gasteiger partial charge is 0.455 e. The van der Waals surface area contributed by atoms with E-state index in [1.54, 1.807) is 0 Å². The molecule has 0 bridgehead atoms. The van der Waals surface area contributed by atoms with E-state index in [9.17, 15) is 0 Å². The van der Waals surface area contributed by atoms with E-state index < -0.39 is 0 Å². The predicted molar refractivity (Wildman–Crippen MR) is 193 cm³/mol. The van der Waals surface area contributed by atoms with Gasteiger partial charge in [0.15, 0.2) is 0 Å². The van der Waals surface area contributed by atoms with Gasteiger partial charge in [0.1, 0.15) is 11.3 Å². The minimum Gasteiger partial charge on any atom is -0.455 e. The minimum atomic E-state index is 0.983. The third-order valence-corrected chi connectivity index (χ3v) is 9.14. The van der Waals surface area contributed by atoms with E-state index in [1.165, 1.54) is 71.1 Å². The summed E-state index contributed by atoms with van der Waals surface area (Å²) in [5.74, 6) is 1.01. The molecule has 8 aromatic rings. The standard InChI is InChI=1S/C42H28O.C2H6/c1-2-11-27(12-3-1)31-19-9-21-38-39-22-10-20-32(42(39)43-41(31)38)30-14-8-13-28(25-30)29-23-24-37-35-17-5-4-15-33(35)34-16-6-7-18-36(34)40(37)26-29;1-2/h1-9,11-21,23-26H,10,22H2;1-2H3. The number of fused-ring (bicyclic) bond motifs is 9. The van der Waals surface area contributed by atoms with Gasteiger partial charge >= 0.3 is 0 Å². The Bertz CT molecular complexity index is 2350. The molecule has 0 N–H and O–H groups in total. The van der Waals surface area contributed by atoms with Crippen molar-refractivity contribution in [3.8, 4) is 22.3 Å². The van der Waals surface area contributed by atoms with Crippen LogP contribution >= 0.6 is 0 Å². The number of hydrogen-bond acceptors (Lipinski definition) is 1. The minimum absolute atomic E-state index is 0.983. The SMILES string of the molecule is C1=C(c2cccc(-c3ccc4c5ccccc5c5ccccc5c4c3)c2)c2oc3c(-c4ccccc4)cccc3c2CC1.CC. The molecule has 1 heterocycles. The summed E-state index contributed by atoms with van der Waals surface area (Å²) in [6.07, 6.45) is 4.35. The van der Waals surface area contributed by atoms with Gasteiger partial charge in [-0.1, -0.05) is 147 Å². The molecule has 1 aromatic heterocycles. The molecule has 1 aliphatic rings. The van der Waals surface area contributed by atoms with Gasteiger partial charge in [-0.05, 0) is 79.5 Å². The zero-order chi connectivity index (χ0) is 30.3. The fourth-order valence-electron chi connectivity index (χ4n) is 7.14. The van der Waals surface area contributed by atoms with Gasteiger partial charge < -0.3 is 4.42 Å². The van der Waals surface area contributed by atoms with Gasteiger partial charge in [0.2, 0.25) is 0 Å². The van der Waals surface area contributed by atoms with Gasteiger partial charge in [0.05, 0.1) is 0 Å². The molecule has 1 heteroatoms. The number of hydrogen-bond donors (Lipinski definition) is 0. The summed E-state index contributed by atoms with van der Waals surface area (Å²) in [6.45, 7) is 4.00. The van der Waals surface area contributed by atoms with Crippen LogP contribution in [0.3, 0.4) is 0 Å².